The van der Waals surface area contributed by atoms with E-state index in [2.05, 4.69) is 16.9 Å². The zero-order valence-electron chi connectivity index (χ0n) is 7.35. The molecule has 0 saturated heterocycles. The van der Waals surface area contributed by atoms with Crippen LogP contribution in [0.2, 0.25) is 0 Å². The van der Waals surface area contributed by atoms with Gasteiger partial charge in [-0.2, -0.15) is 0 Å². The molecule has 5 nitrogen and oxygen atoms in total. The number of carbonyl (C=O) groups is 1. The third-order valence-corrected chi connectivity index (χ3v) is 1.61. The lowest BCUT2D eigenvalue weighted by molar-refractivity contribution is 0.100. The molecule has 0 fully saturated rings. The standard InChI is InChI=1S/C8H12N4O/c1-4-3-11-8(12-5(2)9)6(4)7(10)13/h3,11-12H,2,9H2,1H3,(H2,10,13). The zero-order chi connectivity index (χ0) is 10.0. The largest absolute Gasteiger partial charge is 0.386 e. The molecule has 13 heavy (non-hydrogen) atoms. The van der Waals surface area contributed by atoms with Gasteiger partial charge in [-0.05, 0) is 12.5 Å². The van der Waals surface area contributed by atoms with E-state index in [1.807, 2.05) is 0 Å². The number of aryl methyl sites for hydroxylation is 1. The third-order valence-electron chi connectivity index (χ3n) is 1.61. The maximum absolute atomic E-state index is 11.0. The highest BCUT2D eigenvalue weighted by molar-refractivity contribution is 5.99. The lowest BCUT2D eigenvalue weighted by Crippen LogP contribution is -2.16. The minimum atomic E-state index is -0.498. The van der Waals surface area contributed by atoms with E-state index in [1.54, 1.807) is 13.1 Å². The summed E-state index contributed by atoms with van der Waals surface area (Å²) in [5, 5.41) is 2.70. The van der Waals surface area contributed by atoms with E-state index in [1.165, 1.54) is 0 Å². The molecule has 1 heterocycles. The van der Waals surface area contributed by atoms with E-state index in [-0.39, 0.29) is 5.82 Å². The van der Waals surface area contributed by atoms with Gasteiger partial charge in [0, 0.05) is 6.20 Å². The minimum Gasteiger partial charge on any atom is -0.386 e. The number of aromatic nitrogens is 1. The van der Waals surface area contributed by atoms with E-state index in [0.717, 1.165) is 5.56 Å². The number of nitrogens with one attached hydrogen (secondary N) is 2. The number of rotatable bonds is 3. The molecule has 1 amide bonds. The predicted octanol–water partition coefficient (Wildman–Crippen LogP) is 0.264. The molecule has 5 heteroatoms. The Morgan fingerprint density at radius 1 is 1.62 bits per heavy atom. The number of hydrogen-bond donors (Lipinski definition) is 4. The fourth-order valence-corrected chi connectivity index (χ4v) is 1.10. The topological polar surface area (TPSA) is 96.9 Å². The molecule has 70 valence electrons. The van der Waals surface area contributed by atoms with Gasteiger partial charge < -0.3 is 21.8 Å². The van der Waals surface area contributed by atoms with E-state index >= 15 is 0 Å². The fourth-order valence-electron chi connectivity index (χ4n) is 1.10. The molecule has 0 saturated carbocycles. The van der Waals surface area contributed by atoms with Gasteiger partial charge >= 0.3 is 0 Å². The van der Waals surface area contributed by atoms with Crippen molar-refractivity contribution in [2.75, 3.05) is 5.32 Å². The van der Waals surface area contributed by atoms with Crippen molar-refractivity contribution >= 4 is 11.7 Å². The first-order chi connectivity index (χ1) is 6.02. The first-order valence-corrected chi connectivity index (χ1v) is 3.71. The lowest BCUT2D eigenvalue weighted by atomic mass is 10.2. The molecule has 1 aromatic heterocycles. The van der Waals surface area contributed by atoms with Crippen LogP contribution >= 0.6 is 0 Å². The van der Waals surface area contributed by atoms with Crippen LogP contribution in [-0.4, -0.2) is 10.9 Å². The van der Waals surface area contributed by atoms with Crippen LogP contribution in [0.1, 0.15) is 15.9 Å². The van der Waals surface area contributed by atoms with Crippen molar-refractivity contribution in [2.45, 2.75) is 6.92 Å². The molecule has 0 unspecified atom stereocenters. The molecule has 0 bridgehead atoms. The van der Waals surface area contributed by atoms with Crippen molar-refractivity contribution < 1.29 is 4.79 Å². The average molecular weight is 180 g/mol. The maximum atomic E-state index is 11.0. The van der Waals surface area contributed by atoms with Crippen molar-refractivity contribution in [3.05, 3.63) is 29.7 Å². The maximum Gasteiger partial charge on any atom is 0.252 e. The second-order valence-corrected chi connectivity index (χ2v) is 2.74. The van der Waals surface area contributed by atoms with Gasteiger partial charge in [0.25, 0.3) is 5.91 Å². The van der Waals surface area contributed by atoms with Gasteiger partial charge in [0.1, 0.15) is 5.82 Å². The van der Waals surface area contributed by atoms with Gasteiger partial charge in [0.15, 0.2) is 0 Å². The summed E-state index contributed by atoms with van der Waals surface area (Å²) < 4.78 is 0. The Balaban J connectivity index is 3.07. The Bertz CT molecular complexity index is 353. The molecular weight excluding hydrogens is 168 g/mol. The summed E-state index contributed by atoms with van der Waals surface area (Å²) >= 11 is 0. The summed E-state index contributed by atoms with van der Waals surface area (Å²) in [6.07, 6.45) is 1.67. The normalized spacial score (nSPS) is 9.62. The Morgan fingerprint density at radius 3 is 2.69 bits per heavy atom. The predicted molar refractivity (Wildman–Crippen MR) is 51.0 cm³/mol. The zero-order valence-corrected chi connectivity index (χ0v) is 7.35. The molecule has 0 spiro atoms. The SMILES string of the molecule is C=C(N)Nc1[nH]cc(C)c1C(N)=O. The summed E-state index contributed by atoms with van der Waals surface area (Å²) in [5.74, 6) is 0.240. The number of carbonyl (C=O) groups excluding carboxylic acids is 1. The fraction of sp³-hybridized carbons (Fsp3) is 0.125. The Kier molecular flexibility index (Phi) is 2.27. The molecule has 1 rings (SSSR count). The number of amides is 1. The highest BCUT2D eigenvalue weighted by Crippen LogP contribution is 2.17. The minimum absolute atomic E-state index is 0.254. The lowest BCUT2D eigenvalue weighted by Gasteiger charge is -2.04. The van der Waals surface area contributed by atoms with Crippen LogP contribution in [0.4, 0.5) is 5.82 Å². The molecule has 0 atom stereocenters. The monoisotopic (exact) mass is 180 g/mol. The van der Waals surface area contributed by atoms with E-state index < -0.39 is 5.91 Å². The summed E-state index contributed by atoms with van der Waals surface area (Å²) in [6, 6.07) is 0. The summed E-state index contributed by atoms with van der Waals surface area (Å²) in [6.45, 7) is 5.23. The van der Waals surface area contributed by atoms with Crippen molar-refractivity contribution in [1.29, 1.82) is 0 Å². The second kappa shape index (κ2) is 3.22. The van der Waals surface area contributed by atoms with Crippen molar-refractivity contribution in [3.8, 4) is 0 Å². The van der Waals surface area contributed by atoms with Crippen LogP contribution in [0.5, 0.6) is 0 Å². The van der Waals surface area contributed by atoms with Crippen LogP contribution in [0.15, 0.2) is 18.6 Å². The first-order valence-electron chi connectivity index (χ1n) is 3.71. The quantitative estimate of drug-likeness (QED) is 0.537. The number of H-pyrrole nitrogens is 1. The van der Waals surface area contributed by atoms with Gasteiger partial charge in [-0.15, -0.1) is 0 Å². The third kappa shape index (κ3) is 1.81. The van der Waals surface area contributed by atoms with Crippen LogP contribution in [-0.2, 0) is 0 Å². The van der Waals surface area contributed by atoms with E-state index in [0.29, 0.717) is 11.4 Å². The molecule has 0 aliphatic rings. The smallest absolute Gasteiger partial charge is 0.252 e. The van der Waals surface area contributed by atoms with Gasteiger partial charge in [-0.1, -0.05) is 6.58 Å². The van der Waals surface area contributed by atoms with Crippen molar-refractivity contribution in [1.82, 2.24) is 4.98 Å². The Hall–Kier alpha value is -1.91. The van der Waals surface area contributed by atoms with E-state index in [9.17, 15) is 4.79 Å². The number of hydrogen-bond acceptors (Lipinski definition) is 3. The molecule has 0 aromatic carbocycles. The molecular formula is C8H12N4O. The van der Waals surface area contributed by atoms with Crippen LogP contribution in [0, 0.1) is 6.92 Å². The number of primary amides is 1. The van der Waals surface area contributed by atoms with E-state index in [4.69, 9.17) is 11.5 Å². The number of anilines is 1. The van der Waals surface area contributed by atoms with Crippen LogP contribution in [0.25, 0.3) is 0 Å². The van der Waals surface area contributed by atoms with Gasteiger partial charge in [0.2, 0.25) is 0 Å². The number of aromatic amines is 1. The molecule has 6 N–H and O–H groups in total. The summed E-state index contributed by atoms with van der Waals surface area (Å²) in [5.41, 5.74) is 11.7. The summed E-state index contributed by atoms with van der Waals surface area (Å²) in [7, 11) is 0. The summed E-state index contributed by atoms with van der Waals surface area (Å²) in [4.78, 5) is 13.8. The van der Waals surface area contributed by atoms with Crippen molar-refractivity contribution in [2.24, 2.45) is 11.5 Å². The van der Waals surface area contributed by atoms with Crippen LogP contribution < -0.4 is 16.8 Å². The Labute approximate surface area is 75.8 Å². The second-order valence-electron chi connectivity index (χ2n) is 2.74. The first kappa shape index (κ1) is 9.18. The average Bonchev–Trinajstić information content (AvgIpc) is 2.30. The van der Waals surface area contributed by atoms with Crippen molar-refractivity contribution in [3.63, 3.8) is 0 Å². The van der Waals surface area contributed by atoms with Gasteiger partial charge in [-0.3, -0.25) is 4.79 Å². The highest BCUT2D eigenvalue weighted by Gasteiger charge is 2.12. The van der Waals surface area contributed by atoms with Crippen LogP contribution in [0.3, 0.4) is 0 Å². The van der Waals surface area contributed by atoms with Gasteiger partial charge in [0.05, 0.1) is 11.4 Å². The highest BCUT2D eigenvalue weighted by atomic mass is 16.1. The molecule has 0 aliphatic heterocycles. The molecule has 1 aromatic rings. The number of nitrogens with two attached hydrogens (primary N) is 2. The van der Waals surface area contributed by atoms with Gasteiger partial charge in [-0.25, -0.2) is 0 Å². The molecule has 0 aliphatic carbocycles. The Morgan fingerprint density at radius 2 is 2.23 bits per heavy atom. The molecule has 0 radical (unpaired) electrons.